The van der Waals surface area contributed by atoms with Gasteiger partial charge < -0.3 is 9.90 Å². The summed E-state index contributed by atoms with van der Waals surface area (Å²) in [6.07, 6.45) is 0. The topological polar surface area (TPSA) is 40.1 Å². The molecule has 0 aliphatic carbocycles. The van der Waals surface area contributed by atoms with Crippen molar-refractivity contribution >= 4 is 5.97 Å². The quantitative estimate of drug-likeness (QED) is 0.392. The van der Waals surface area contributed by atoms with E-state index in [4.69, 9.17) is 9.90 Å². The van der Waals surface area contributed by atoms with Crippen molar-refractivity contribution in [1.29, 1.82) is 0 Å². The number of carbonyl (C=O) groups is 1. The summed E-state index contributed by atoms with van der Waals surface area (Å²) in [5.74, 6) is -1.08. The third-order valence-corrected chi connectivity index (χ3v) is 0. The zero-order valence-corrected chi connectivity index (χ0v) is 4.00. The predicted molar refractivity (Wildman–Crippen MR) is 10.7 cm³/mol. The number of rotatable bonds is 0. The summed E-state index contributed by atoms with van der Waals surface area (Å²) in [5, 5.41) is 8.89. The summed E-state index contributed by atoms with van der Waals surface area (Å²) < 4.78 is 0. The molecule has 0 aromatic carbocycles. The third-order valence-electron chi connectivity index (χ3n) is 0. The van der Waals surface area contributed by atoms with Crippen molar-refractivity contribution in [3.05, 3.63) is 0 Å². The number of aliphatic carboxylic acids is 1. The van der Waals surface area contributed by atoms with Gasteiger partial charge in [-0.2, -0.15) is 0 Å². The average molecular weight is 111 g/mol. The van der Waals surface area contributed by atoms with Crippen LogP contribution in [0.2, 0.25) is 0 Å². The van der Waals surface area contributed by atoms with E-state index in [9.17, 15) is 0 Å². The van der Waals surface area contributed by atoms with Crippen LogP contribution in [0.25, 0.3) is 0 Å². The average Bonchev–Trinajstić information content (AvgIpc) is 0.811. The summed E-state index contributed by atoms with van der Waals surface area (Å²) >= 11 is 0. The van der Waals surface area contributed by atoms with Crippen LogP contribution in [0, 0.1) is 0 Å². The molecule has 24 valence electrons. The Kier molecular flexibility index (Phi) is 7.12. The van der Waals surface area contributed by atoms with E-state index in [2.05, 4.69) is 0 Å². The molecule has 3 heteroatoms. The molecule has 0 heterocycles. The minimum Gasteiger partial charge on any atom is -0.550 e. The Balaban J connectivity index is 0. The number of hydrogen-bond donors (Lipinski definition) is 0. The fourth-order valence-corrected chi connectivity index (χ4v) is 0. The zero-order valence-electron chi connectivity index (χ0n) is 2.72. The van der Waals surface area contributed by atoms with Gasteiger partial charge in [0.05, 0.1) is 0 Å². The SMILES string of the molecule is CC(=O)[O-].[Cr+6]. The van der Waals surface area contributed by atoms with Gasteiger partial charge >= 0.3 is 17.4 Å². The van der Waals surface area contributed by atoms with Crippen LogP contribution in [0.1, 0.15) is 6.92 Å². The first-order valence-corrected chi connectivity index (χ1v) is 0.908. The van der Waals surface area contributed by atoms with Gasteiger partial charge in [0, 0.05) is 5.97 Å². The zero-order chi connectivity index (χ0) is 3.58. The first-order valence-electron chi connectivity index (χ1n) is 0.908. The van der Waals surface area contributed by atoms with Gasteiger partial charge in [-0.15, -0.1) is 0 Å². The second kappa shape index (κ2) is 4.00. The summed E-state index contributed by atoms with van der Waals surface area (Å²) in [4.78, 5) is 8.89. The van der Waals surface area contributed by atoms with Crippen LogP contribution in [0.4, 0.5) is 0 Å². The molecule has 0 aliphatic rings. The molecule has 2 nitrogen and oxygen atoms in total. The van der Waals surface area contributed by atoms with E-state index in [0.717, 1.165) is 6.92 Å². The van der Waals surface area contributed by atoms with Gasteiger partial charge in [0.15, 0.2) is 0 Å². The summed E-state index contributed by atoms with van der Waals surface area (Å²) in [5.41, 5.74) is 0. The van der Waals surface area contributed by atoms with Crippen LogP contribution >= 0.6 is 0 Å². The van der Waals surface area contributed by atoms with E-state index < -0.39 is 5.97 Å². The number of hydrogen-bond acceptors (Lipinski definition) is 2. The van der Waals surface area contributed by atoms with Crippen molar-refractivity contribution in [2.75, 3.05) is 0 Å². The molecule has 0 radical (unpaired) electrons. The Morgan fingerprint density at radius 3 is 1.80 bits per heavy atom. The molecule has 5 heavy (non-hydrogen) atoms. The van der Waals surface area contributed by atoms with Crippen LogP contribution < -0.4 is 5.11 Å². The largest absolute Gasteiger partial charge is 6.00 e. The summed E-state index contributed by atoms with van der Waals surface area (Å²) in [7, 11) is 0. The summed E-state index contributed by atoms with van der Waals surface area (Å²) in [6.45, 7) is 0.972. The van der Waals surface area contributed by atoms with Crippen LogP contribution in [-0.4, -0.2) is 5.97 Å². The molecule has 0 saturated carbocycles. The molecule has 0 spiro atoms. The molecule has 0 bridgehead atoms. The van der Waals surface area contributed by atoms with Crippen molar-refractivity contribution in [3.8, 4) is 0 Å². The molecule has 0 aliphatic heterocycles. The Morgan fingerprint density at radius 2 is 1.80 bits per heavy atom. The van der Waals surface area contributed by atoms with Gasteiger partial charge in [0.25, 0.3) is 0 Å². The molecular weight excluding hydrogens is 108 g/mol. The Bertz CT molecular complexity index is 30.6. The second-order valence-corrected chi connectivity index (χ2v) is 0.492. The minimum absolute atomic E-state index is 0. The van der Waals surface area contributed by atoms with E-state index >= 15 is 0 Å². The first-order chi connectivity index (χ1) is 1.73. The summed E-state index contributed by atoms with van der Waals surface area (Å²) in [6, 6.07) is 0. The molecule has 0 N–H and O–H groups in total. The van der Waals surface area contributed by atoms with Crippen LogP contribution in [-0.2, 0) is 22.2 Å². The van der Waals surface area contributed by atoms with Crippen LogP contribution in [0.15, 0.2) is 0 Å². The Morgan fingerprint density at radius 1 is 1.80 bits per heavy atom. The van der Waals surface area contributed by atoms with Gasteiger partial charge in [-0.1, -0.05) is 0 Å². The Hall–Kier alpha value is 0.00247. The minimum atomic E-state index is -1.08. The molecule has 0 fully saturated rings. The van der Waals surface area contributed by atoms with Crippen molar-refractivity contribution in [2.24, 2.45) is 0 Å². The van der Waals surface area contributed by atoms with Crippen molar-refractivity contribution < 1.29 is 27.3 Å². The van der Waals surface area contributed by atoms with E-state index in [1.807, 2.05) is 0 Å². The van der Waals surface area contributed by atoms with E-state index in [1.165, 1.54) is 0 Å². The first kappa shape index (κ1) is 8.89. The molecule has 0 rings (SSSR count). The normalized spacial score (nSPS) is 5.00. The number of carbonyl (C=O) groups excluding carboxylic acids is 1. The number of carboxylic acids is 1. The predicted octanol–water partition coefficient (Wildman–Crippen LogP) is -1.25. The maximum absolute atomic E-state index is 8.89. The van der Waals surface area contributed by atoms with Crippen molar-refractivity contribution in [2.45, 2.75) is 6.92 Å². The second-order valence-electron chi connectivity index (χ2n) is 0.492. The maximum Gasteiger partial charge on any atom is 6.00 e. The van der Waals surface area contributed by atoms with E-state index in [-0.39, 0.29) is 17.4 Å². The molecule has 0 aromatic rings. The molecule has 0 saturated heterocycles. The molecule has 0 amide bonds. The van der Waals surface area contributed by atoms with Crippen molar-refractivity contribution in [1.82, 2.24) is 0 Å². The smallest absolute Gasteiger partial charge is 0.550 e. The Labute approximate surface area is 40.9 Å². The molecular formula is C2H3CrO2+5. The van der Waals surface area contributed by atoms with Gasteiger partial charge in [-0.05, 0) is 6.92 Å². The van der Waals surface area contributed by atoms with Crippen LogP contribution in [0.3, 0.4) is 0 Å². The van der Waals surface area contributed by atoms with Crippen molar-refractivity contribution in [3.63, 3.8) is 0 Å². The maximum atomic E-state index is 8.89. The molecule has 0 atom stereocenters. The fraction of sp³-hybridized carbons (Fsp3) is 0.500. The van der Waals surface area contributed by atoms with Crippen LogP contribution in [0.5, 0.6) is 0 Å². The van der Waals surface area contributed by atoms with Gasteiger partial charge in [-0.3, -0.25) is 0 Å². The molecule has 0 aromatic heterocycles. The monoisotopic (exact) mass is 111 g/mol. The van der Waals surface area contributed by atoms with Gasteiger partial charge in [0.2, 0.25) is 0 Å². The standard InChI is InChI=1S/C2H4O2.Cr/c1-2(3)4;/h1H3,(H,3,4);/q;+6/p-1. The third kappa shape index (κ3) is 2640000. The van der Waals surface area contributed by atoms with Gasteiger partial charge in [-0.25, -0.2) is 0 Å². The van der Waals surface area contributed by atoms with E-state index in [1.54, 1.807) is 0 Å². The fourth-order valence-electron chi connectivity index (χ4n) is 0. The van der Waals surface area contributed by atoms with Gasteiger partial charge in [0.1, 0.15) is 0 Å². The molecule has 0 unspecified atom stereocenters. The number of carboxylic acid groups (broad SMARTS) is 1. The van der Waals surface area contributed by atoms with E-state index in [0.29, 0.717) is 0 Å².